The number of carbonyl (C=O) groups excluding carboxylic acids is 2. The normalized spacial score (nSPS) is 15.7. The second-order valence-corrected chi connectivity index (χ2v) is 10.4. The standard InChI is InChI=1S/C32H26N2O7/c35-25-14-21(15-26(36)29(25)19-4-2-1-3-5-19)30(38)34-10-8-32(9-11-34)16-27(37)24-13-20(6-7-28(24)41-32)22-12-23(31(39)40)18-33-17-22/h1-7,12-15,17-18,35-36H,8-11,16H2,(H,39,40). The molecule has 3 N–H and O–H groups in total. The molecule has 3 heterocycles. The van der Waals surface area contributed by atoms with Crippen molar-refractivity contribution in [3.05, 3.63) is 95.8 Å². The number of ether oxygens (including phenoxy) is 1. The average molecular weight is 551 g/mol. The monoisotopic (exact) mass is 550 g/mol. The number of carboxylic acids is 1. The van der Waals surface area contributed by atoms with Crippen LogP contribution in [0.1, 0.15) is 50.3 Å². The number of nitrogens with zero attached hydrogens (tertiary/aromatic N) is 2. The second kappa shape index (κ2) is 10.1. The van der Waals surface area contributed by atoms with Gasteiger partial charge in [-0.3, -0.25) is 14.6 Å². The highest BCUT2D eigenvalue weighted by Gasteiger charge is 2.44. The largest absolute Gasteiger partial charge is 0.507 e. The third kappa shape index (κ3) is 4.86. The molecule has 0 aliphatic carbocycles. The van der Waals surface area contributed by atoms with E-state index in [1.165, 1.54) is 24.4 Å². The van der Waals surface area contributed by atoms with Gasteiger partial charge in [0.1, 0.15) is 22.8 Å². The number of likely N-dealkylation sites (tertiary alicyclic amines) is 1. The van der Waals surface area contributed by atoms with Gasteiger partial charge in [-0.1, -0.05) is 36.4 Å². The lowest BCUT2D eigenvalue weighted by Gasteiger charge is -2.44. The van der Waals surface area contributed by atoms with Crippen molar-refractivity contribution in [3.63, 3.8) is 0 Å². The van der Waals surface area contributed by atoms with Crippen molar-refractivity contribution in [2.24, 2.45) is 0 Å². The van der Waals surface area contributed by atoms with E-state index >= 15 is 0 Å². The van der Waals surface area contributed by atoms with Crippen LogP contribution in [0.15, 0.2) is 79.1 Å². The number of carbonyl (C=O) groups is 3. The third-order valence-corrected chi connectivity index (χ3v) is 7.78. The molecule has 41 heavy (non-hydrogen) atoms. The van der Waals surface area contributed by atoms with Crippen LogP contribution >= 0.6 is 0 Å². The number of hydrogen-bond donors (Lipinski definition) is 3. The molecule has 0 unspecified atom stereocenters. The molecular weight excluding hydrogens is 524 g/mol. The molecule has 1 saturated heterocycles. The van der Waals surface area contributed by atoms with Crippen molar-refractivity contribution >= 4 is 17.7 Å². The van der Waals surface area contributed by atoms with Crippen molar-refractivity contribution in [2.45, 2.75) is 24.9 Å². The second-order valence-electron chi connectivity index (χ2n) is 10.4. The molecule has 0 atom stereocenters. The van der Waals surface area contributed by atoms with Crippen molar-refractivity contribution in [3.8, 4) is 39.5 Å². The number of Topliss-reactive ketones (excluding diaryl/α,β-unsaturated/α-hetero) is 1. The molecule has 0 saturated carbocycles. The fourth-order valence-electron chi connectivity index (χ4n) is 5.60. The molecule has 1 amide bonds. The smallest absolute Gasteiger partial charge is 0.337 e. The number of aromatic hydroxyl groups is 2. The zero-order chi connectivity index (χ0) is 28.7. The minimum atomic E-state index is -1.08. The number of phenolic OH excluding ortho intramolecular Hbond substituents is 2. The Hall–Kier alpha value is -5.18. The number of piperidine rings is 1. The van der Waals surface area contributed by atoms with Gasteiger partial charge in [0.25, 0.3) is 5.91 Å². The van der Waals surface area contributed by atoms with Crippen LogP contribution < -0.4 is 4.74 Å². The highest BCUT2D eigenvalue weighted by Crippen LogP contribution is 2.42. The Labute approximate surface area is 235 Å². The summed E-state index contributed by atoms with van der Waals surface area (Å²) in [5, 5.41) is 30.5. The summed E-state index contributed by atoms with van der Waals surface area (Å²) in [6, 6.07) is 18.4. The van der Waals surface area contributed by atoms with Gasteiger partial charge in [-0.2, -0.15) is 0 Å². The number of pyridine rings is 1. The van der Waals surface area contributed by atoms with Gasteiger partial charge >= 0.3 is 5.97 Å². The van der Waals surface area contributed by atoms with Crippen molar-refractivity contribution in [1.29, 1.82) is 0 Å². The zero-order valence-corrected chi connectivity index (χ0v) is 21.9. The number of rotatable bonds is 4. The molecule has 206 valence electrons. The van der Waals surface area contributed by atoms with E-state index in [1.807, 2.05) is 6.07 Å². The van der Waals surface area contributed by atoms with E-state index in [2.05, 4.69) is 4.98 Å². The number of ketones is 1. The molecule has 2 aliphatic heterocycles. The lowest BCUT2D eigenvalue weighted by molar-refractivity contribution is -0.00573. The van der Waals surface area contributed by atoms with Crippen LogP contribution in [-0.2, 0) is 0 Å². The molecule has 9 nitrogen and oxygen atoms in total. The number of aromatic carboxylic acids is 1. The van der Waals surface area contributed by atoms with Crippen LogP contribution in [0, 0.1) is 0 Å². The minimum absolute atomic E-state index is 0.0561. The quantitative estimate of drug-likeness (QED) is 0.317. The molecule has 4 aromatic rings. The van der Waals surface area contributed by atoms with E-state index in [0.717, 1.165) is 0 Å². The number of benzene rings is 3. The SMILES string of the molecule is O=C(O)c1cncc(-c2ccc3c(c2)C(=O)CC2(CCN(C(=O)c4cc(O)c(-c5ccccc5)c(O)c4)CC2)O3)c1. The van der Waals surface area contributed by atoms with Crippen LogP contribution in [0.5, 0.6) is 17.2 Å². The Morgan fingerprint density at radius 2 is 1.54 bits per heavy atom. The third-order valence-electron chi connectivity index (χ3n) is 7.78. The van der Waals surface area contributed by atoms with E-state index in [-0.39, 0.29) is 46.3 Å². The van der Waals surface area contributed by atoms with Gasteiger partial charge in [-0.15, -0.1) is 0 Å². The van der Waals surface area contributed by atoms with Crippen molar-refractivity contribution in [2.75, 3.05) is 13.1 Å². The summed E-state index contributed by atoms with van der Waals surface area (Å²) in [5.74, 6) is -1.40. The van der Waals surface area contributed by atoms with Gasteiger partial charge in [0.05, 0.1) is 23.1 Å². The lowest BCUT2D eigenvalue weighted by atomic mass is 9.82. The predicted octanol–water partition coefficient (Wildman–Crippen LogP) is 5.17. The summed E-state index contributed by atoms with van der Waals surface area (Å²) >= 11 is 0. The first-order chi connectivity index (χ1) is 19.7. The Bertz CT molecular complexity index is 1670. The van der Waals surface area contributed by atoms with Gasteiger partial charge < -0.3 is 25.0 Å². The average Bonchev–Trinajstić information content (AvgIpc) is 2.97. The van der Waals surface area contributed by atoms with Crippen molar-refractivity contribution in [1.82, 2.24) is 9.88 Å². The Morgan fingerprint density at radius 3 is 2.22 bits per heavy atom. The first-order valence-corrected chi connectivity index (χ1v) is 13.2. The van der Waals surface area contributed by atoms with E-state index in [4.69, 9.17) is 4.74 Å². The van der Waals surface area contributed by atoms with E-state index in [9.17, 15) is 29.7 Å². The maximum atomic E-state index is 13.3. The van der Waals surface area contributed by atoms with Crippen LogP contribution in [0.4, 0.5) is 0 Å². The molecule has 0 bridgehead atoms. The summed E-state index contributed by atoms with van der Waals surface area (Å²) in [6.45, 7) is 0.685. The molecule has 6 rings (SSSR count). The van der Waals surface area contributed by atoms with Gasteiger partial charge in [-0.25, -0.2) is 4.79 Å². The van der Waals surface area contributed by atoms with E-state index in [1.54, 1.807) is 53.6 Å². The molecule has 0 radical (unpaired) electrons. The van der Waals surface area contributed by atoms with E-state index < -0.39 is 11.6 Å². The van der Waals surface area contributed by atoms with Gasteiger partial charge in [0.2, 0.25) is 0 Å². The van der Waals surface area contributed by atoms with Gasteiger partial charge in [0, 0.05) is 49.5 Å². The maximum Gasteiger partial charge on any atom is 0.337 e. The summed E-state index contributed by atoms with van der Waals surface area (Å²) in [7, 11) is 0. The molecule has 1 aromatic heterocycles. The van der Waals surface area contributed by atoms with Crippen molar-refractivity contribution < 1.29 is 34.4 Å². The number of carboxylic acid groups (broad SMARTS) is 1. The zero-order valence-electron chi connectivity index (χ0n) is 21.9. The first-order valence-electron chi connectivity index (χ1n) is 13.2. The summed E-state index contributed by atoms with van der Waals surface area (Å²) < 4.78 is 6.37. The molecule has 1 spiro atoms. The van der Waals surface area contributed by atoms with Crippen LogP contribution in [-0.4, -0.2) is 61.6 Å². The molecule has 1 fully saturated rings. The predicted molar refractivity (Wildman–Crippen MR) is 149 cm³/mol. The fourth-order valence-corrected chi connectivity index (χ4v) is 5.60. The number of amides is 1. The van der Waals surface area contributed by atoms with Gasteiger partial charge in [0.15, 0.2) is 5.78 Å². The molecule has 3 aromatic carbocycles. The number of aromatic nitrogens is 1. The highest BCUT2D eigenvalue weighted by molar-refractivity contribution is 6.02. The molecular formula is C32H26N2O7. The van der Waals surface area contributed by atoms with Crippen LogP contribution in [0.3, 0.4) is 0 Å². The Balaban J connectivity index is 1.17. The fraction of sp³-hybridized carbons (Fsp3) is 0.188. The summed E-state index contributed by atoms with van der Waals surface area (Å²) in [6.07, 6.45) is 3.86. The molecule has 9 heteroatoms. The van der Waals surface area contributed by atoms with Crippen LogP contribution in [0.2, 0.25) is 0 Å². The lowest BCUT2D eigenvalue weighted by Crippen LogP contribution is -2.52. The summed E-state index contributed by atoms with van der Waals surface area (Å²) in [4.78, 5) is 43.5. The number of hydrogen-bond acceptors (Lipinski definition) is 7. The number of phenols is 2. The minimum Gasteiger partial charge on any atom is -0.507 e. The van der Waals surface area contributed by atoms with Gasteiger partial charge in [-0.05, 0) is 41.5 Å². The molecule has 2 aliphatic rings. The highest BCUT2D eigenvalue weighted by atomic mass is 16.5. The number of fused-ring (bicyclic) bond motifs is 1. The Kier molecular flexibility index (Phi) is 6.42. The first kappa shape index (κ1) is 26.1. The Morgan fingerprint density at radius 1 is 0.829 bits per heavy atom. The summed E-state index contributed by atoms with van der Waals surface area (Å²) in [5.41, 5.74) is 2.07. The maximum absolute atomic E-state index is 13.3. The topological polar surface area (TPSA) is 137 Å². The van der Waals surface area contributed by atoms with Crippen LogP contribution in [0.25, 0.3) is 22.3 Å². The van der Waals surface area contributed by atoms with E-state index in [0.29, 0.717) is 53.9 Å².